The quantitative estimate of drug-likeness (QED) is 0.0273. The normalized spacial score (nSPS) is 12.1. The number of rotatable bonds is 66. The summed E-state index contributed by atoms with van der Waals surface area (Å²) in [5, 5.41) is 0. The van der Waals surface area contributed by atoms with Crippen molar-refractivity contribution in [1.82, 2.24) is 0 Å². The van der Waals surface area contributed by atoms with Crippen LogP contribution in [0.1, 0.15) is 486 Å². The molecule has 0 spiro atoms. The average molecular weight is 1380 g/mol. The van der Waals surface area contributed by atoms with E-state index in [1.807, 2.05) is 0 Å². The molecule has 2 aromatic rings. The van der Waals surface area contributed by atoms with Crippen molar-refractivity contribution in [2.45, 2.75) is 480 Å². The fourth-order valence-electron chi connectivity index (χ4n) is 14.8. The van der Waals surface area contributed by atoms with Gasteiger partial charge in [-0.1, -0.05) is 377 Å². The Kier molecular flexibility index (Phi) is 68.7. The maximum atomic E-state index is 12.8. The van der Waals surface area contributed by atoms with E-state index in [2.05, 4.69) is 93.5 Å². The van der Waals surface area contributed by atoms with Crippen molar-refractivity contribution >= 4 is 11.4 Å². The maximum Gasteiger partial charge on any atom is 2.00 e. The summed E-state index contributed by atoms with van der Waals surface area (Å²) in [5.74, 6) is 0. The van der Waals surface area contributed by atoms with Gasteiger partial charge in [-0.2, -0.15) is 0 Å². The SMILES string of the molecule is CCCCCCC1=C(c2cc(CCCC)c(CCCC)c(CCCC)c2)[N+](=[N-])C(c2cc(CCCC)c(CCCC)c(CCCC)c2)=C1CCCC.[CH-]=CCCCCCCCCCCCCCCCCCCCC.[CH-]=CCCCCCCCCCCCCCCCCCCCC.[Ni+2]. The molecular formula is C94H166N2Ni. The number of aryl methyl sites for hydroxylation is 4. The van der Waals surface area contributed by atoms with E-state index in [0.29, 0.717) is 0 Å². The van der Waals surface area contributed by atoms with E-state index in [-0.39, 0.29) is 16.5 Å². The minimum absolute atomic E-state index is 0. The average Bonchev–Trinajstić information content (AvgIpc) is 1.61. The third kappa shape index (κ3) is 46.7. The molecule has 97 heavy (non-hydrogen) atoms. The molecule has 0 bridgehead atoms. The van der Waals surface area contributed by atoms with Crippen molar-refractivity contribution in [2.24, 2.45) is 0 Å². The summed E-state index contributed by atoms with van der Waals surface area (Å²) in [6, 6.07) is 10.1. The summed E-state index contributed by atoms with van der Waals surface area (Å²) >= 11 is 0. The van der Waals surface area contributed by atoms with E-state index in [1.165, 1.54) is 391 Å². The Hall–Kier alpha value is -2.51. The molecule has 0 saturated carbocycles. The second-order valence-corrected chi connectivity index (χ2v) is 30.1. The molecule has 1 aliphatic heterocycles. The van der Waals surface area contributed by atoms with Gasteiger partial charge in [-0.3, -0.25) is 12.2 Å². The molecule has 562 valence electrons. The van der Waals surface area contributed by atoms with Crippen LogP contribution in [-0.4, -0.2) is 4.70 Å². The molecule has 0 atom stereocenters. The number of hydrogen-bond donors (Lipinski definition) is 0. The summed E-state index contributed by atoms with van der Waals surface area (Å²) in [7, 11) is 0. The molecule has 0 aromatic heterocycles. The van der Waals surface area contributed by atoms with Gasteiger partial charge >= 0.3 is 16.5 Å². The summed E-state index contributed by atoms with van der Waals surface area (Å²) in [5.41, 5.74) is 29.7. The van der Waals surface area contributed by atoms with Crippen LogP contribution in [0.25, 0.3) is 16.9 Å². The van der Waals surface area contributed by atoms with Gasteiger partial charge in [0.15, 0.2) is 0 Å². The number of unbranched alkanes of at least 4 members (excludes halogenated alkanes) is 46. The predicted molar refractivity (Wildman–Crippen MR) is 435 cm³/mol. The van der Waals surface area contributed by atoms with Gasteiger partial charge in [0.25, 0.3) is 0 Å². The Labute approximate surface area is 619 Å². The van der Waals surface area contributed by atoms with Crippen LogP contribution in [0.4, 0.5) is 0 Å². The van der Waals surface area contributed by atoms with Crippen LogP contribution in [0, 0.1) is 13.2 Å². The van der Waals surface area contributed by atoms with Crippen LogP contribution in [0.3, 0.4) is 0 Å². The zero-order valence-electron chi connectivity index (χ0n) is 67.1. The van der Waals surface area contributed by atoms with Crippen molar-refractivity contribution in [1.29, 1.82) is 0 Å². The van der Waals surface area contributed by atoms with Crippen LogP contribution in [0.2, 0.25) is 0 Å². The van der Waals surface area contributed by atoms with E-state index < -0.39 is 0 Å². The van der Waals surface area contributed by atoms with E-state index in [1.54, 1.807) is 28.0 Å². The fraction of sp³-hybridized carbons (Fsp3) is 0.787. The fourth-order valence-corrected chi connectivity index (χ4v) is 14.8. The zero-order valence-corrected chi connectivity index (χ0v) is 68.1. The van der Waals surface area contributed by atoms with Gasteiger partial charge in [0, 0.05) is 22.3 Å². The molecule has 0 radical (unpaired) electrons. The number of allylic oxidation sites excluding steroid dienone is 4. The first-order valence-electron chi connectivity index (χ1n) is 43.6. The molecule has 2 aromatic carbocycles. The second kappa shape index (κ2) is 70.5. The van der Waals surface area contributed by atoms with Crippen molar-refractivity contribution in [3.05, 3.63) is 111 Å². The minimum Gasteiger partial charge on any atom is -0.518 e. The van der Waals surface area contributed by atoms with E-state index in [4.69, 9.17) is 13.2 Å². The number of hydrogen-bond acceptors (Lipinski definition) is 0. The van der Waals surface area contributed by atoms with Crippen molar-refractivity contribution in [2.75, 3.05) is 0 Å². The first kappa shape index (κ1) is 94.5. The van der Waals surface area contributed by atoms with E-state index in [0.717, 1.165) is 75.6 Å². The largest absolute Gasteiger partial charge is 2.00 e. The van der Waals surface area contributed by atoms with Gasteiger partial charge in [0.05, 0.1) is 0 Å². The molecule has 0 saturated heterocycles. The molecule has 0 N–H and O–H groups in total. The van der Waals surface area contributed by atoms with Gasteiger partial charge in [-0.25, -0.2) is 4.70 Å². The Morgan fingerprint density at radius 3 is 0.660 bits per heavy atom. The van der Waals surface area contributed by atoms with Crippen LogP contribution in [0.15, 0.2) is 47.6 Å². The molecule has 3 rings (SSSR count). The van der Waals surface area contributed by atoms with E-state index in [9.17, 15) is 5.53 Å². The minimum atomic E-state index is 0. The van der Waals surface area contributed by atoms with Gasteiger partial charge in [0.2, 0.25) is 11.4 Å². The molecular weight excluding hydrogens is 1220 g/mol. The molecule has 1 heterocycles. The third-order valence-corrected chi connectivity index (χ3v) is 21.0. The molecule has 0 aliphatic carbocycles. The van der Waals surface area contributed by atoms with Gasteiger partial charge < -0.3 is 18.7 Å². The summed E-state index contributed by atoms with van der Waals surface area (Å²) in [4.78, 5) is 0. The number of benzene rings is 2. The number of nitrogens with zero attached hydrogens (tertiary/aromatic N) is 2. The second-order valence-electron chi connectivity index (χ2n) is 30.1. The molecule has 0 unspecified atom stereocenters. The first-order chi connectivity index (χ1) is 47.3. The monoisotopic (exact) mass is 1380 g/mol. The van der Waals surface area contributed by atoms with Crippen LogP contribution < -0.4 is 0 Å². The molecule has 0 amide bonds. The zero-order chi connectivity index (χ0) is 70.0. The van der Waals surface area contributed by atoms with Gasteiger partial charge in [0.1, 0.15) is 0 Å². The first-order valence-corrected chi connectivity index (χ1v) is 43.6. The maximum absolute atomic E-state index is 12.8. The molecule has 1 aliphatic rings. The molecule has 0 fully saturated rings. The molecule has 3 heteroatoms. The van der Waals surface area contributed by atoms with Crippen molar-refractivity contribution in [3.8, 4) is 0 Å². The third-order valence-electron chi connectivity index (χ3n) is 21.0. The van der Waals surface area contributed by atoms with Crippen LogP contribution >= 0.6 is 0 Å². The Bertz CT molecular complexity index is 2090. The molecule has 2 nitrogen and oxygen atoms in total. The van der Waals surface area contributed by atoms with Gasteiger partial charge in [-0.05, 0) is 160 Å². The topological polar surface area (TPSA) is 25.3 Å². The smallest absolute Gasteiger partial charge is 0.518 e. The standard InChI is InChI=1S/C50H80N2.2C22H43.Ni/c1-9-17-25-26-34-48-47(33-24-16-8)49(43-35-39(27-18-10-2)45(31-22-14-6)40(36-43)28-19-11-3)52(51)50(48)44-37-41(29-20-12-4)46(32-23-15-7)42(38-44)30-21-13-5;2*1-3-5-7-9-11-13-15-17-19-21-22-20-18-16-14-12-10-8-6-4-2;/h35-38H,9-34H2,1-8H3;2*1,3H,4-22H2,2H3;/q;2*-1;+2. The Morgan fingerprint density at radius 2 is 0.433 bits per heavy atom. The van der Waals surface area contributed by atoms with E-state index >= 15 is 0 Å². The predicted octanol–water partition coefficient (Wildman–Crippen LogP) is 32.9. The summed E-state index contributed by atoms with van der Waals surface area (Å²) < 4.78 is 1.71. The Morgan fingerprint density at radius 1 is 0.247 bits per heavy atom. The summed E-state index contributed by atoms with van der Waals surface area (Å²) in [6.07, 6.45) is 88.6. The summed E-state index contributed by atoms with van der Waals surface area (Å²) in [6.45, 7) is 33.9. The van der Waals surface area contributed by atoms with Gasteiger partial charge in [-0.15, -0.1) is 0 Å². The van der Waals surface area contributed by atoms with Crippen LogP contribution in [0.5, 0.6) is 0 Å². The van der Waals surface area contributed by atoms with Crippen LogP contribution in [-0.2, 0) is 55.0 Å². The van der Waals surface area contributed by atoms with Crippen molar-refractivity contribution < 1.29 is 21.2 Å². The van der Waals surface area contributed by atoms with Crippen molar-refractivity contribution in [3.63, 3.8) is 0 Å². The Balaban J connectivity index is 0.00000169.